The van der Waals surface area contributed by atoms with Crippen LogP contribution >= 0.6 is 0 Å². The molecule has 152 valence electrons. The van der Waals surface area contributed by atoms with E-state index in [0.717, 1.165) is 11.6 Å². The van der Waals surface area contributed by atoms with Crippen LogP contribution in [0, 0.1) is 23.0 Å². The number of urea groups is 1. The van der Waals surface area contributed by atoms with Crippen molar-refractivity contribution in [3.63, 3.8) is 0 Å². The molecule has 30 heavy (non-hydrogen) atoms. The van der Waals surface area contributed by atoms with Gasteiger partial charge in [0.2, 0.25) is 0 Å². The molecule has 7 nitrogen and oxygen atoms in total. The number of carbonyl (C=O) groups excluding carboxylic acids is 1. The molecule has 0 aliphatic heterocycles. The Hall–Kier alpha value is -3.90. The molecular weight excluding hydrogens is 390 g/mol. The van der Waals surface area contributed by atoms with Crippen molar-refractivity contribution in [1.82, 2.24) is 15.3 Å². The monoisotopic (exact) mass is 408 g/mol. The molecule has 0 saturated carbocycles. The zero-order chi connectivity index (χ0) is 21.3. The lowest BCUT2D eigenvalue weighted by atomic mass is 10.1. The Morgan fingerprint density at radius 3 is 2.50 bits per heavy atom. The minimum atomic E-state index is -0.594. The molecule has 2 aromatic carbocycles. The average Bonchev–Trinajstić information content (AvgIpc) is 2.74. The molecule has 1 aromatic heterocycles. The van der Waals surface area contributed by atoms with Gasteiger partial charge in [-0.3, -0.25) is 5.32 Å². The van der Waals surface area contributed by atoms with Crippen molar-refractivity contribution in [2.45, 2.75) is 13.0 Å². The standard InChI is InChI=1S/C21H18F2N6O/c22-16-4-3-15(19(23)9-16)11-25-8-7-14-1-5-17(6-2-14)28-21(30)29-20-13-26-18(10-24)12-27-20/h1-6,9,12-13,25H,7-8,11H2,(H2,27,28,29,30). The third kappa shape index (κ3) is 6.05. The topological polar surface area (TPSA) is 103 Å². The molecular formula is C21H18F2N6O. The highest BCUT2D eigenvalue weighted by Crippen LogP contribution is 2.12. The molecule has 3 N–H and O–H groups in total. The van der Waals surface area contributed by atoms with Gasteiger partial charge >= 0.3 is 6.03 Å². The first-order valence-corrected chi connectivity index (χ1v) is 9.07. The lowest BCUT2D eigenvalue weighted by Gasteiger charge is -2.09. The largest absolute Gasteiger partial charge is 0.324 e. The first kappa shape index (κ1) is 20.8. The number of nitrogens with one attached hydrogen (secondary N) is 3. The molecule has 2 amide bonds. The van der Waals surface area contributed by atoms with Gasteiger partial charge in [0, 0.05) is 23.9 Å². The molecule has 0 unspecified atom stereocenters. The fraction of sp³-hybridized carbons (Fsp3) is 0.143. The Balaban J connectivity index is 1.42. The first-order chi connectivity index (χ1) is 14.5. The summed E-state index contributed by atoms with van der Waals surface area (Å²) in [6.07, 6.45) is 3.27. The van der Waals surface area contributed by atoms with Crippen LogP contribution in [0.3, 0.4) is 0 Å². The van der Waals surface area contributed by atoms with Gasteiger partial charge in [0.05, 0.1) is 12.4 Å². The maximum atomic E-state index is 13.6. The number of hydrogen-bond donors (Lipinski definition) is 3. The van der Waals surface area contributed by atoms with Crippen molar-refractivity contribution >= 4 is 17.5 Å². The number of carbonyl (C=O) groups is 1. The number of aromatic nitrogens is 2. The van der Waals surface area contributed by atoms with E-state index >= 15 is 0 Å². The molecule has 1 heterocycles. The van der Waals surface area contributed by atoms with E-state index in [4.69, 9.17) is 5.26 Å². The SMILES string of the molecule is N#Cc1cnc(NC(=O)Nc2ccc(CCNCc3ccc(F)cc3F)cc2)cn1. The molecule has 3 rings (SSSR count). The second-order valence-corrected chi connectivity index (χ2v) is 6.34. The van der Waals surface area contributed by atoms with Crippen LogP contribution in [0.5, 0.6) is 0 Å². The van der Waals surface area contributed by atoms with Crippen molar-refractivity contribution in [2.75, 3.05) is 17.2 Å². The number of hydrogen-bond acceptors (Lipinski definition) is 5. The van der Waals surface area contributed by atoms with Crippen LogP contribution in [0.15, 0.2) is 54.9 Å². The van der Waals surface area contributed by atoms with Crippen LogP contribution in [0.4, 0.5) is 25.1 Å². The summed E-state index contributed by atoms with van der Waals surface area (Å²) in [5.41, 5.74) is 2.20. The normalized spacial score (nSPS) is 10.3. The minimum absolute atomic E-state index is 0.161. The zero-order valence-electron chi connectivity index (χ0n) is 15.8. The van der Waals surface area contributed by atoms with Crippen LogP contribution in [-0.2, 0) is 13.0 Å². The van der Waals surface area contributed by atoms with Crippen molar-refractivity contribution in [3.05, 3.63) is 83.3 Å². The van der Waals surface area contributed by atoms with E-state index in [-0.39, 0.29) is 11.5 Å². The molecule has 0 aliphatic carbocycles. The number of nitriles is 1. The number of anilines is 2. The predicted octanol–water partition coefficient (Wildman–Crippen LogP) is 3.60. The molecule has 0 aliphatic rings. The fourth-order valence-electron chi connectivity index (χ4n) is 2.60. The molecule has 3 aromatic rings. The highest BCUT2D eigenvalue weighted by atomic mass is 19.1. The van der Waals surface area contributed by atoms with E-state index in [1.807, 2.05) is 18.2 Å². The van der Waals surface area contributed by atoms with Gasteiger partial charge in [-0.25, -0.2) is 23.5 Å². The van der Waals surface area contributed by atoms with E-state index in [1.165, 1.54) is 24.5 Å². The molecule has 0 bridgehead atoms. The van der Waals surface area contributed by atoms with Crippen molar-refractivity contribution in [3.8, 4) is 6.07 Å². The van der Waals surface area contributed by atoms with Gasteiger partial charge in [0.25, 0.3) is 0 Å². The van der Waals surface area contributed by atoms with Gasteiger partial charge in [0.15, 0.2) is 11.5 Å². The summed E-state index contributed by atoms with van der Waals surface area (Å²) in [6.45, 7) is 0.922. The van der Waals surface area contributed by atoms with Gasteiger partial charge in [-0.05, 0) is 36.7 Å². The Labute approximate surface area is 171 Å². The van der Waals surface area contributed by atoms with Crippen molar-refractivity contribution in [1.29, 1.82) is 5.26 Å². The Morgan fingerprint density at radius 1 is 1.03 bits per heavy atom. The van der Waals surface area contributed by atoms with Crippen LogP contribution in [0.2, 0.25) is 0 Å². The lowest BCUT2D eigenvalue weighted by Crippen LogP contribution is -2.20. The van der Waals surface area contributed by atoms with Gasteiger partial charge < -0.3 is 10.6 Å². The minimum Gasteiger partial charge on any atom is -0.312 e. The van der Waals surface area contributed by atoms with Gasteiger partial charge in [-0.15, -0.1) is 0 Å². The molecule has 0 fully saturated rings. The number of amides is 2. The van der Waals surface area contributed by atoms with Crippen molar-refractivity contribution < 1.29 is 13.6 Å². The highest BCUT2D eigenvalue weighted by molar-refractivity contribution is 5.99. The van der Waals surface area contributed by atoms with E-state index in [2.05, 4.69) is 25.9 Å². The van der Waals surface area contributed by atoms with Gasteiger partial charge in [0.1, 0.15) is 17.7 Å². The van der Waals surface area contributed by atoms with Gasteiger partial charge in [-0.1, -0.05) is 18.2 Å². The Bertz CT molecular complexity index is 1050. The smallest absolute Gasteiger partial charge is 0.312 e. The van der Waals surface area contributed by atoms with E-state index < -0.39 is 17.7 Å². The van der Waals surface area contributed by atoms with E-state index in [9.17, 15) is 13.6 Å². The third-order valence-electron chi connectivity index (χ3n) is 4.14. The summed E-state index contributed by atoms with van der Waals surface area (Å²) in [4.78, 5) is 19.7. The summed E-state index contributed by atoms with van der Waals surface area (Å²) in [5.74, 6) is -0.932. The molecule has 0 saturated heterocycles. The Morgan fingerprint density at radius 2 is 1.83 bits per heavy atom. The average molecular weight is 408 g/mol. The second-order valence-electron chi connectivity index (χ2n) is 6.34. The predicted molar refractivity (Wildman–Crippen MR) is 108 cm³/mol. The van der Waals surface area contributed by atoms with Crippen molar-refractivity contribution in [2.24, 2.45) is 0 Å². The maximum Gasteiger partial charge on any atom is 0.324 e. The summed E-state index contributed by atoms with van der Waals surface area (Å²) in [6, 6.07) is 12.2. The quantitative estimate of drug-likeness (QED) is 0.519. The lowest BCUT2D eigenvalue weighted by molar-refractivity contribution is 0.262. The van der Waals surface area contributed by atoms with Gasteiger partial charge in [-0.2, -0.15) is 5.26 Å². The van der Waals surface area contributed by atoms with Crippen LogP contribution < -0.4 is 16.0 Å². The molecule has 0 atom stereocenters. The van der Waals surface area contributed by atoms with E-state index in [0.29, 0.717) is 30.8 Å². The number of rotatable bonds is 7. The highest BCUT2D eigenvalue weighted by Gasteiger charge is 2.05. The number of halogens is 2. The number of benzene rings is 2. The summed E-state index contributed by atoms with van der Waals surface area (Å²) >= 11 is 0. The van der Waals surface area contributed by atoms with Crippen LogP contribution in [0.1, 0.15) is 16.8 Å². The molecule has 0 radical (unpaired) electrons. The first-order valence-electron chi connectivity index (χ1n) is 9.07. The summed E-state index contributed by atoms with van der Waals surface area (Å²) < 4.78 is 26.5. The summed E-state index contributed by atoms with van der Waals surface area (Å²) in [7, 11) is 0. The Kier molecular flexibility index (Phi) is 6.97. The number of nitrogens with zero attached hydrogens (tertiary/aromatic N) is 3. The van der Waals surface area contributed by atoms with Crippen LogP contribution in [0.25, 0.3) is 0 Å². The second kappa shape index (κ2) is 10.0. The maximum absolute atomic E-state index is 13.6. The fourth-order valence-corrected chi connectivity index (χ4v) is 2.60. The molecule has 9 heteroatoms. The van der Waals surface area contributed by atoms with Crippen LogP contribution in [-0.4, -0.2) is 22.5 Å². The third-order valence-corrected chi connectivity index (χ3v) is 4.14. The zero-order valence-corrected chi connectivity index (χ0v) is 15.8. The molecule has 0 spiro atoms. The summed E-state index contributed by atoms with van der Waals surface area (Å²) in [5, 5.41) is 17.0. The van der Waals surface area contributed by atoms with E-state index in [1.54, 1.807) is 12.1 Å².